The summed E-state index contributed by atoms with van der Waals surface area (Å²) in [6, 6.07) is 0.486. The van der Waals surface area contributed by atoms with Gasteiger partial charge in [-0.3, -0.25) is 0 Å². The van der Waals surface area contributed by atoms with Gasteiger partial charge in [-0.05, 0) is 6.07 Å². The predicted molar refractivity (Wildman–Crippen MR) is 72.5 cm³/mol. The molecular weight excluding hydrogens is 333 g/mol. The molecule has 9 heteroatoms. The zero-order valence-electron chi connectivity index (χ0n) is 15.4. The molecule has 130 valence electrons. The molecule has 1 saturated heterocycles. The van der Waals surface area contributed by atoms with Crippen molar-refractivity contribution in [3.8, 4) is 5.75 Å². The summed E-state index contributed by atoms with van der Waals surface area (Å²) >= 11 is 0. The van der Waals surface area contributed by atoms with Gasteiger partial charge in [0.15, 0.2) is 23.0 Å². The molecule has 24 heavy (non-hydrogen) atoms. The molecule has 1 aliphatic heterocycles. The number of hydrogen-bond donors (Lipinski definition) is 1. The summed E-state index contributed by atoms with van der Waals surface area (Å²) in [6.45, 7) is 2.51. The molecule has 0 bridgehead atoms. The van der Waals surface area contributed by atoms with Crippen LogP contribution in [0.15, 0.2) is 17.4 Å². The Balaban J connectivity index is 2.44. The molecule has 1 aliphatic rings. The number of allylic oxidation sites excluding steroid dienone is 1. The van der Waals surface area contributed by atoms with E-state index >= 15 is 0 Å². The third-order valence-electron chi connectivity index (χ3n) is 3.03. The van der Waals surface area contributed by atoms with E-state index in [0.29, 0.717) is 6.07 Å². The summed E-state index contributed by atoms with van der Waals surface area (Å²) in [5.41, 5.74) is -1.74. The maximum atomic E-state index is 13.9. The second kappa shape index (κ2) is 6.06. The molecule has 1 aromatic rings. The first-order valence-electron chi connectivity index (χ1n) is 7.96. The number of aliphatic hydroxyl groups is 1. The molecule has 0 amide bonds. The highest BCUT2D eigenvalue weighted by molar-refractivity contribution is 6.15. The Morgan fingerprint density at radius 2 is 1.79 bits per heavy atom. The summed E-state index contributed by atoms with van der Waals surface area (Å²) in [4.78, 5) is 23.7. The minimum Gasteiger partial charge on any atom is -0.511 e. The summed E-state index contributed by atoms with van der Waals surface area (Å²) < 4.78 is 75.7. The van der Waals surface area contributed by atoms with E-state index in [1.807, 2.05) is 0 Å². The van der Waals surface area contributed by atoms with Crippen LogP contribution in [-0.4, -0.2) is 29.9 Å². The number of ether oxygens (including phenoxy) is 3. The molecular formula is C15H13F3O6. The molecule has 0 atom stereocenters. The van der Waals surface area contributed by atoms with Gasteiger partial charge in [0.2, 0.25) is 5.82 Å². The lowest BCUT2D eigenvalue weighted by Crippen LogP contribution is -2.42. The van der Waals surface area contributed by atoms with Crippen molar-refractivity contribution in [2.75, 3.05) is 7.04 Å². The average molecular weight is 349 g/mol. The number of aliphatic hydroxyl groups excluding tert-OH is 1. The molecule has 1 aromatic carbocycles. The van der Waals surface area contributed by atoms with E-state index in [9.17, 15) is 27.9 Å². The van der Waals surface area contributed by atoms with E-state index < -0.39 is 71.3 Å². The largest absolute Gasteiger partial charge is 0.511 e. The summed E-state index contributed by atoms with van der Waals surface area (Å²) in [5.74, 6) is -12.0. The smallest absolute Gasteiger partial charge is 0.352 e. The molecule has 0 radical (unpaired) electrons. The fourth-order valence-corrected chi connectivity index (χ4v) is 1.99. The van der Waals surface area contributed by atoms with E-state index in [4.69, 9.17) is 13.6 Å². The van der Waals surface area contributed by atoms with Gasteiger partial charge in [0.25, 0.3) is 5.79 Å². The minimum atomic E-state index is -3.16. The maximum Gasteiger partial charge on any atom is 0.352 e. The Morgan fingerprint density at radius 1 is 1.21 bits per heavy atom. The van der Waals surface area contributed by atoms with E-state index in [1.165, 1.54) is 13.8 Å². The van der Waals surface area contributed by atoms with Crippen LogP contribution in [0.4, 0.5) is 13.2 Å². The van der Waals surface area contributed by atoms with Crippen LogP contribution in [0.25, 0.3) is 0 Å². The molecule has 0 spiro atoms. The zero-order valence-corrected chi connectivity index (χ0v) is 12.4. The maximum absolute atomic E-state index is 13.9. The summed E-state index contributed by atoms with van der Waals surface area (Å²) in [5, 5.41) is 9.99. The molecule has 2 rings (SSSR count). The van der Waals surface area contributed by atoms with Gasteiger partial charge >= 0.3 is 11.9 Å². The van der Waals surface area contributed by atoms with Crippen molar-refractivity contribution in [3.05, 3.63) is 40.4 Å². The zero-order chi connectivity index (χ0) is 20.7. The average Bonchev–Trinajstić information content (AvgIpc) is 2.46. The SMILES string of the molecule is [2H]C([2H])([2H])Oc1cc(CC(O)=C2C(=O)OC(C)(C)OC2=O)c(F)c(F)c1F. The molecule has 1 heterocycles. The lowest BCUT2D eigenvalue weighted by Gasteiger charge is -2.30. The first-order valence-corrected chi connectivity index (χ1v) is 6.46. The van der Waals surface area contributed by atoms with Crippen LogP contribution in [0.3, 0.4) is 0 Å². The van der Waals surface area contributed by atoms with Crippen molar-refractivity contribution in [1.82, 2.24) is 0 Å². The van der Waals surface area contributed by atoms with Gasteiger partial charge in [-0.25, -0.2) is 18.4 Å². The van der Waals surface area contributed by atoms with Crippen LogP contribution in [0.2, 0.25) is 0 Å². The Bertz CT molecular complexity index is 826. The van der Waals surface area contributed by atoms with Gasteiger partial charge in [-0.15, -0.1) is 0 Å². The molecule has 1 N–H and O–H groups in total. The number of carbonyl (C=O) groups excluding carboxylic acids is 2. The number of esters is 2. The van der Waals surface area contributed by atoms with Crippen LogP contribution in [-0.2, 0) is 25.5 Å². The normalized spacial score (nSPS) is 18.9. The lowest BCUT2D eigenvalue weighted by molar-refractivity contribution is -0.222. The van der Waals surface area contributed by atoms with Crippen molar-refractivity contribution in [2.45, 2.75) is 26.1 Å². The van der Waals surface area contributed by atoms with Crippen LogP contribution >= 0.6 is 0 Å². The molecule has 0 aliphatic carbocycles. The fraction of sp³-hybridized carbons (Fsp3) is 0.333. The number of methoxy groups -OCH3 is 1. The summed E-state index contributed by atoms with van der Waals surface area (Å²) in [6.07, 6.45) is -0.972. The fourth-order valence-electron chi connectivity index (χ4n) is 1.99. The van der Waals surface area contributed by atoms with Gasteiger partial charge < -0.3 is 19.3 Å². The number of cyclic esters (lactones) is 2. The summed E-state index contributed by atoms with van der Waals surface area (Å²) in [7, 11) is -3.16. The molecule has 0 saturated carbocycles. The molecule has 0 unspecified atom stereocenters. The van der Waals surface area contributed by atoms with Gasteiger partial charge in [0, 0.05) is 25.8 Å². The highest BCUT2D eigenvalue weighted by atomic mass is 19.2. The molecule has 0 aromatic heterocycles. The highest BCUT2D eigenvalue weighted by Gasteiger charge is 2.41. The Hall–Kier alpha value is -2.71. The van der Waals surface area contributed by atoms with Gasteiger partial charge in [-0.1, -0.05) is 0 Å². The van der Waals surface area contributed by atoms with Crippen LogP contribution in [0.5, 0.6) is 5.75 Å². The Kier molecular flexibility index (Phi) is 3.46. The predicted octanol–water partition coefficient (Wildman–Crippen LogP) is 2.30. The van der Waals surface area contributed by atoms with Crippen molar-refractivity contribution >= 4 is 11.9 Å². The monoisotopic (exact) mass is 349 g/mol. The molecule has 6 nitrogen and oxygen atoms in total. The van der Waals surface area contributed by atoms with Crippen LogP contribution in [0.1, 0.15) is 23.5 Å². The first-order chi connectivity index (χ1) is 12.2. The Labute approximate surface area is 138 Å². The second-order valence-corrected chi connectivity index (χ2v) is 5.26. The van der Waals surface area contributed by atoms with Crippen LogP contribution < -0.4 is 4.74 Å². The quantitative estimate of drug-likeness (QED) is 0.296. The Morgan fingerprint density at radius 3 is 2.33 bits per heavy atom. The van der Waals surface area contributed by atoms with E-state index in [2.05, 4.69) is 4.74 Å². The van der Waals surface area contributed by atoms with E-state index in [0.717, 1.165) is 0 Å². The van der Waals surface area contributed by atoms with Gasteiger partial charge in [0.05, 0.1) is 11.2 Å². The highest BCUT2D eigenvalue weighted by Crippen LogP contribution is 2.29. The number of hydrogen-bond acceptors (Lipinski definition) is 6. The van der Waals surface area contributed by atoms with Crippen molar-refractivity contribution in [3.63, 3.8) is 0 Å². The molecule has 1 fully saturated rings. The van der Waals surface area contributed by atoms with Crippen molar-refractivity contribution < 1.29 is 46.2 Å². The lowest BCUT2D eigenvalue weighted by atomic mass is 10.0. The van der Waals surface area contributed by atoms with Crippen molar-refractivity contribution in [1.29, 1.82) is 0 Å². The third-order valence-corrected chi connectivity index (χ3v) is 3.03. The standard InChI is InChI=1S/C15H13F3O6/c1-15(2)23-13(20)9(14(21)24-15)7(19)4-6-5-8(22-3)11(17)12(18)10(6)16/h5,19H,4H2,1-3H3/i3D3. The van der Waals surface area contributed by atoms with Gasteiger partial charge in [0.1, 0.15) is 5.76 Å². The second-order valence-electron chi connectivity index (χ2n) is 5.26. The number of benzene rings is 1. The van der Waals surface area contributed by atoms with Gasteiger partial charge in [-0.2, -0.15) is 4.39 Å². The number of halogens is 3. The van der Waals surface area contributed by atoms with Crippen LogP contribution in [0, 0.1) is 17.5 Å². The first kappa shape index (κ1) is 13.7. The number of rotatable bonds is 3. The number of carbonyl (C=O) groups is 2. The third kappa shape index (κ3) is 3.15. The van der Waals surface area contributed by atoms with E-state index in [-0.39, 0.29) is 0 Å². The minimum absolute atomic E-state index is 0.486. The van der Waals surface area contributed by atoms with E-state index in [1.54, 1.807) is 0 Å². The topological polar surface area (TPSA) is 82.1 Å². The van der Waals surface area contributed by atoms with Crippen molar-refractivity contribution in [2.24, 2.45) is 0 Å².